The van der Waals surface area contributed by atoms with Crippen LogP contribution in [0.2, 0.25) is 0 Å². The van der Waals surface area contributed by atoms with E-state index in [2.05, 4.69) is 4.72 Å². The highest BCUT2D eigenvalue weighted by atomic mass is 32.2. The molecule has 2 atom stereocenters. The highest BCUT2D eigenvalue weighted by Crippen LogP contribution is 2.10. The average molecular weight is 343 g/mol. The molecule has 0 heterocycles. The number of allylic oxidation sites excluding steroid dienone is 1. The molecule has 0 fully saturated rings. The quantitative estimate of drug-likeness (QED) is 0.802. The molecule has 0 aromatic carbocycles. The molecule has 0 saturated carbocycles. The third kappa shape index (κ3) is 22.2. The Labute approximate surface area is 134 Å². The zero-order chi connectivity index (χ0) is 17.5. The van der Waals surface area contributed by atoms with Crippen LogP contribution in [0, 0.1) is 0 Å². The Morgan fingerprint density at radius 3 is 1.86 bits per heavy atom. The van der Waals surface area contributed by atoms with E-state index in [9.17, 15) is 12.6 Å². The smallest absolute Gasteiger partial charge is 0.209 e. The predicted molar refractivity (Wildman–Crippen MR) is 95.2 cm³/mol. The monoisotopic (exact) mass is 342 g/mol. The molecular formula is C14H34N2O3S2. The normalized spacial score (nSPS) is 18.2. The lowest BCUT2D eigenvalue weighted by atomic mass is 10.0. The number of rotatable bonds is 3. The first-order chi connectivity index (χ1) is 9.72. The lowest BCUT2D eigenvalue weighted by Crippen LogP contribution is -2.33. The van der Waals surface area contributed by atoms with Crippen molar-refractivity contribution in [1.29, 1.82) is 0 Å². The molecule has 21 heavy (non-hydrogen) atoms. The molecule has 2 unspecified atom stereocenters. The number of nitrogens with zero attached hydrogens (tertiary/aromatic N) is 1. The van der Waals surface area contributed by atoms with Crippen LogP contribution in [0.3, 0.4) is 0 Å². The maximum absolute atomic E-state index is 10.8. The van der Waals surface area contributed by atoms with Crippen molar-refractivity contribution in [2.24, 2.45) is 0 Å². The first-order valence-corrected chi connectivity index (χ1v) is 10.8. The van der Waals surface area contributed by atoms with Gasteiger partial charge in [-0.15, -0.1) is 0 Å². The summed E-state index contributed by atoms with van der Waals surface area (Å²) >= 11 is 0. The van der Waals surface area contributed by atoms with Gasteiger partial charge in [0.1, 0.15) is 0 Å². The van der Waals surface area contributed by atoms with Gasteiger partial charge in [0, 0.05) is 12.3 Å². The molecule has 0 bridgehead atoms. The van der Waals surface area contributed by atoms with Crippen LogP contribution >= 0.6 is 0 Å². The molecule has 1 rings (SSSR count). The number of sulfonamides is 1. The molecule has 0 saturated heterocycles. The average Bonchev–Trinajstić information content (AvgIpc) is 2.43. The minimum Gasteiger partial charge on any atom is -0.243 e. The fourth-order valence-corrected chi connectivity index (χ4v) is 1.93. The lowest BCUT2D eigenvalue weighted by Gasteiger charge is -2.15. The van der Waals surface area contributed by atoms with Crippen LogP contribution in [0.15, 0.2) is 12.2 Å². The highest BCUT2D eigenvalue weighted by molar-refractivity contribution is 7.88. The molecule has 0 aromatic rings. The summed E-state index contributed by atoms with van der Waals surface area (Å²) < 4.78 is 35.9. The van der Waals surface area contributed by atoms with E-state index < -0.39 is 21.0 Å². The van der Waals surface area contributed by atoms with Gasteiger partial charge in [0.05, 0.1) is 17.2 Å². The van der Waals surface area contributed by atoms with E-state index in [0.717, 1.165) is 19.3 Å². The Morgan fingerprint density at radius 1 is 1.19 bits per heavy atom. The number of hydrogen-bond acceptors (Lipinski definition) is 3. The molecule has 0 radical (unpaired) electrons. The van der Waals surface area contributed by atoms with Crippen LogP contribution in [0.1, 0.15) is 47.0 Å². The number of hydrogen-bond donors (Lipinski definition) is 1. The van der Waals surface area contributed by atoms with E-state index in [1.165, 1.54) is 6.26 Å². The second kappa shape index (κ2) is 16.1. The summed E-state index contributed by atoms with van der Waals surface area (Å²) in [5.41, 5.74) is 0. The van der Waals surface area contributed by atoms with Gasteiger partial charge in [-0.2, -0.15) is 0 Å². The van der Waals surface area contributed by atoms with Gasteiger partial charge in [-0.1, -0.05) is 39.8 Å². The van der Waals surface area contributed by atoms with Gasteiger partial charge in [0.15, 0.2) is 0 Å². The summed E-state index contributed by atoms with van der Waals surface area (Å²) in [5, 5.41) is 0. The van der Waals surface area contributed by atoms with Crippen molar-refractivity contribution in [3.05, 3.63) is 12.2 Å². The van der Waals surface area contributed by atoms with E-state index in [1.807, 2.05) is 39.8 Å². The molecule has 1 N–H and O–H groups in total. The van der Waals surface area contributed by atoms with Gasteiger partial charge in [-0.05, 0) is 33.4 Å². The molecule has 130 valence electrons. The fraction of sp³-hybridized carbons (Fsp3) is 0.857. The third-order valence-electron chi connectivity index (χ3n) is 2.13. The number of nitrogens with one attached hydrogen (secondary N) is 1. The van der Waals surface area contributed by atoms with Crippen molar-refractivity contribution in [2.75, 3.05) is 26.6 Å². The van der Waals surface area contributed by atoms with Gasteiger partial charge in [-0.25, -0.2) is 21.7 Å². The van der Waals surface area contributed by atoms with Crippen molar-refractivity contribution in [1.82, 2.24) is 9.03 Å². The van der Waals surface area contributed by atoms with Crippen molar-refractivity contribution in [3.63, 3.8) is 0 Å². The molecular weight excluding hydrogens is 308 g/mol. The summed E-state index contributed by atoms with van der Waals surface area (Å²) in [4.78, 5) is 0. The molecule has 1 aliphatic rings. The Bertz CT molecular complexity index is 366. The molecule has 0 amide bonds. The maximum atomic E-state index is 10.8. The van der Waals surface area contributed by atoms with Crippen LogP contribution in [0.4, 0.5) is 0 Å². The van der Waals surface area contributed by atoms with Crippen LogP contribution in [0.25, 0.3) is 0 Å². The van der Waals surface area contributed by atoms with Crippen LogP contribution < -0.4 is 4.72 Å². The first kappa shape index (κ1) is 25.7. The second-order valence-electron chi connectivity index (χ2n) is 4.09. The summed E-state index contributed by atoms with van der Waals surface area (Å²) in [7, 11) is -0.261. The third-order valence-corrected chi connectivity index (χ3v) is 3.89. The molecule has 0 aliphatic heterocycles. The van der Waals surface area contributed by atoms with Gasteiger partial charge in [0.2, 0.25) is 10.0 Å². The molecule has 5 nitrogen and oxygen atoms in total. The van der Waals surface area contributed by atoms with E-state index >= 15 is 0 Å². The van der Waals surface area contributed by atoms with E-state index in [0.29, 0.717) is 0 Å². The Kier molecular flexibility index (Phi) is 19.7. The second-order valence-corrected chi connectivity index (χ2v) is 7.45. The van der Waals surface area contributed by atoms with E-state index in [-0.39, 0.29) is 6.04 Å². The van der Waals surface area contributed by atoms with Gasteiger partial charge >= 0.3 is 0 Å². The molecule has 7 heteroatoms. The largest absolute Gasteiger partial charge is 0.243 e. The van der Waals surface area contributed by atoms with Crippen molar-refractivity contribution >= 4 is 21.0 Å². The summed E-state index contributed by atoms with van der Waals surface area (Å²) in [6.45, 7) is 8.00. The van der Waals surface area contributed by atoms with Crippen LogP contribution in [-0.2, 0) is 21.0 Å². The van der Waals surface area contributed by atoms with E-state index in [4.69, 9.17) is 0 Å². The summed E-state index contributed by atoms with van der Waals surface area (Å²) in [6.07, 6.45) is 9.83. The Balaban J connectivity index is -0.000000277. The van der Waals surface area contributed by atoms with Crippen LogP contribution in [-0.4, -0.2) is 49.6 Å². The fourth-order valence-electron chi connectivity index (χ4n) is 1.19. The van der Waals surface area contributed by atoms with E-state index in [1.54, 1.807) is 24.7 Å². The zero-order valence-corrected chi connectivity index (χ0v) is 16.5. The predicted octanol–water partition coefficient (Wildman–Crippen LogP) is 2.54. The maximum Gasteiger partial charge on any atom is 0.209 e. The summed E-state index contributed by atoms with van der Waals surface area (Å²) in [6, 6.07) is 0.0266. The van der Waals surface area contributed by atoms with Gasteiger partial charge in [-0.3, -0.25) is 0 Å². The van der Waals surface area contributed by atoms with Crippen molar-refractivity contribution in [2.45, 2.75) is 53.0 Å². The molecule has 0 aromatic heterocycles. The van der Waals surface area contributed by atoms with Gasteiger partial charge in [0.25, 0.3) is 0 Å². The molecule has 0 spiro atoms. The lowest BCUT2D eigenvalue weighted by molar-refractivity contribution is 0.554. The van der Waals surface area contributed by atoms with Crippen molar-refractivity contribution in [3.8, 4) is 0 Å². The summed E-state index contributed by atoms with van der Waals surface area (Å²) in [5.74, 6) is 0. The van der Waals surface area contributed by atoms with Gasteiger partial charge < -0.3 is 0 Å². The minimum atomic E-state index is -3.03. The standard InChI is InChI=1S/C7H13NO2S.C3H9NOS.2C2H6/c1-11(9,10)8-7-5-3-2-4-6-7;1-4(2)6(3)5;2*1-2/h3,5,7-8H,2,4,6H2,1H3;1-3H3;2*1-2H3. The molecule has 1 aliphatic carbocycles. The van der Waals surface area contributed by atoms with Crippen LogP contribution in [0.5, 0.6) is 0 Å². The SMILES string of the molecule is CC.CC.CN(C)S(C)=O.CS(=O)(=O)NC1C=CCCC1. The Hall–Kier alpha value is -0.240. The Morgan fingerprint density at radius 2 is 1.62 bits per heavy atom. The zero-order valence-electron chi connectivity index (χ0n) is 14.8. The van der Waals surface area contributed by atoms with Crippen molar-refractivity contribution < 1.29 is 12.6 Å². The topological polar surface area (TPSA) is 66.5 Å². The highest BCUT2D eigenvalue weighted by Gasteiger charge is 2.11. The first-order valence-electron chi connectivity index (χ1n) is 7.37. The minimum absolute atomic E-state index is 0.0266.